The molecular weight excluding hydrogens is 164 g/mol. The van der Waals surface area contributed by atoms with E-state index < -0.39 is 0 Å². The highest BCUT2D eigenvalue weighted by Crippen LogP contribution is 2.21. The SMILES string of the molecule is N#CCn1cc(N)c2ccncc21. The lowest BCUT2D eigenvalue weighted by Crippen LogP contribution is -1.92. The first-order valence-corrected chi connectivity index (χ1v) is 3.88. The molecule has 0 fully saturated rings. The third-order valence-corrected chi connectivity index (χ3v) is 1.96. The van der Waals surface area contributed by atoms with E-state index in [0.717, 1.165) is 10.9 Å². The third kappa shape index (κ3) is 1.11. The van der Waals surface area contributed by atoms with Gasteiger partial charge in [0, 0.05) is 17.8 Å². The smallest absolute Gasteiger partial charge is 0.110 e. The first-order valence-electron chi connectivity index (χ1n) is 3.88. The lowest BCUT2D eigenvalue weighted by molar-refractivity contribution is 0.873. The van der Waals surface area contributed by atoms with Gasteiger partial charge in [-0.1, -0.05) is 0 Å². The molecule has 2 aromatic rings. The van der Waals surface area contributed by atoms with E-state index >= 15 is 0 Å². The van der Waals surface area contributed by atoms with Crippen LogP contribution in [0.1, 0.15) is 0 Å². The zero-order chi connectivity index (χ0) is 9.26. The molecule has 0 spiro atoms. The Labute approximate surface area is 75.2 Å². The molecule has 4 nitrogen and oxygen atoms in total. The maximum atomic E-state index is 8.56. The number of fused-ring (bicyclic) bond motifs is 1. The van der Waals surface area contributed by atoms with Gasteiger partial charge < -0.3 is 10.3 Å². The molecule has 0 aromatic carbocycles. The van der Waals surface area contributed by atoms with E-state index in [0.29, 0.717) is 12.2 Å². The van der Waals surface area contributed by atoms with Crippen molar-refractivity contribution < 1.29 is 0 Å². The molecule has 2 aromatic heterocycles. The van der Waals surface area contributed by atoms with Gasteiger partial charge in [0.25, 0.3) is 0 Å². The summed E-state index contributed by atoms with van der Waals surface area (Å²) in [5.74, 6) is 0. The Morgan fingerprint density at radius 2 is 2.46 bits per heavy atom. The molecule has 0 saturated heterocycles. The third-order valence-electron chi connectivity index (χ3n) is 1.96. The predicted molar refractivity (Wildman–Crippen MR) is 49.8 cm³/mol. The summed E-state index contributed by atoms with van der Waals surface area (Å²) >= 11 is 0. The summed E-state index contributed by atoms with van der Waals surface area (Å²) in [4.78, 5) is 3.98. The van der Waals surface area contributed by atoms with Crippen LogP contribution in [0.4, 0.5) is 5.69 Å². The van der Waals surface area contributed by atoms with Crippen LogP contribution in [0.5, 0.6) is 0 Å². The van der Waals surface area contributed by atoms with Gasteiger partial charge in [-0.2, -0.15) is 5.26 Å². The van der Waals surface area contributed by atoms with Gasteiger partial charge in [0.1, 0.15) is 6.54 Å². The van der Waals surface area contributed by atoms with Gasteiger partial charge in [0.2, 0.25) is 0 Å². The number of rotatable bonds is 1. The average Bonchev–Trinajstić information content (AvgIpc) is 2.46. The Morgan fingerprint density at radius 3 is 3.23 bits per heavy atom. The summed E-state index contributed by atoms with van der Waals surface area (Å²) in [6.45, 7) is 0.305. The molecule has 0 aliphatic rings. The lowest BCUT2D eigenvalue weighted by Gasteiger charge is -1.95. The van der Waals surface area contributed by atoms with Crippen LogP contribution >= 0.6 is 0 Å². The van der Waals surface area contributed by atoms with E-state index in [1.54, 1.807) is 23.2 Å². The van der Waals surface area contributed by atoms with Crippen molar-refractivity contribution >= 4 is 16.6 Å². The quantitative estimate of drug-likeness (QED) is 0.701. The maximum Gasteiger partial charge on any atom is 0.110 e. The van der Waals surface area contributed by atoms with Crippen molar-refractivity contribution in [1.82, 2.24) is 9.55 Å². The number of nitrogens with zero attached hydrogens (tertiary/aromatic N) is 3. The number of hydrogen-bond donors (Lipinski definition) is 1. The second kappa shape index (κ2) is 2.79. The normalized spacial score (nSPS) is 10.1. The van der Waals surface area contributed by atoms with Crippen LogP contribution in [0.2, 0.25) is 0 Å². The zero-order valence-corrected chi connectivity index (χ0v) is 6.94. The fourth-order valence-corrected chi connectivity index (χ4v) is 1.37. The van der Waals surface area contributed by atoms with E-state index in [4.69, 9.17) is 11.0 Å². The largest absolute Gasteiger partial charge is 0.397 e. The standard InChI is InChI=1S/C9H8N4/c10-2-4-13-6-8(11)7-1-3-12-5-9(7)13/h1,3,5-6H,4,11H2. The van der Waals surface area contributed by atoms with Gasteiger partial charge in [-0.15, -0.1) is 0 Å². The molecule has 2 N–H and O–H groups in total. The number of nitriles is 1. The van der Waals surface area contributed by atoms with E-state index in [1.807, 2.05) is 6.07 Å². The van der Waals surface area contributed by atoms with Crippen LogP contribution in [0.15, 0.2) is 24.7 Å². The van der Waals surface area contributed by atoms with Gasteiger partial charge in [-0.05, 0) is 6.07 Å². The van der Waals surface area contributed by atoms with Crippen molar-refractivity contribution in [1.29, 1.82) is 5.26 Å². The second-order valence-electron chi connectivity index (χ2n) is 2.76. The van der Waals surface area contributed by atoms with Crippen molar-refractivity contribution in [2.45, 2.75) is 6.54 Å². The van der Waals surface area contributed by atoms with Crippen LogP contribution in [-0.4, -0.2) is 9.55 Å². The Morgan fingerprint density at radius 1 is 1.62 bits per heavy atom. The molecule has 0 saturated carbocycles. The molecule has 0 amide bonds. The van der Waals surface area contributed by atoms with Crippen molar-refractivity contribution in [2.24, 2.45) is 0 Å². The van der Waals surface area contributed by atoms with Gasteiger partial charge in [0.05, 0.1) is 23.5 Å². The fraction of sp³-hybridized carbons (Fsp3) is 0.111. The van der Waals surface area contributed by atoms with E-state index in [1.165, 1.54) is 0 Å². The summed E-state index contributed by atoms with van der Waals surface area (Å²) in [5, 5.41) is 9.51. The van der Waals surface area contributed by atoms with Crippen molar-refractivity contribution in [3.05, 3.63) is 24.7 Å². The Hall–Kier alpha value is -2.02. The zero-order valence-electron chi connectivity index (χ0n) is 6.94. The molecular formula is C9H8N4. The topological polar surface area (TPSA) is 67.6 Å². The maximum absolute atomic E-state index is 8.56. The highest BCUT2D eigenvalue weighted by molar-refractivity contribution is 5.91. The van der Waals surface area contributed by atoms with Gasteiger partial charge in [-0.25, -0.2) is 0 Å². The van der Waals surface area contributed by atoms with Crippen LogP contribution in [-0.2, 0) is 6.54 Å². The van der Waals surface area contributed by atoms with Gasteiger partial charge in [0.15, 0.2) is 0 Å². The van der Waals surface area contributed by atoms with E-state index in [2.05, 4.69) is 11.1 Å². The molecule has 4 heteroatoms. The highest BCUT2D eigenvalue weighted by atomic mass is 15.0. The first-order chi connectivity index (χ1) is 6.33. The number of pyridine rings is 1. The molecule has 64 valence electrons. The molecule has 13 heavy (non-hydrogen) atoms. The van der Waals surface area contributed by atoms with E-state index in [-0.39, 0.29) is 0 Å². The average molecular weight is 172 g/mol. The van der Waals surface area contributed by atoms with Crippen molar-refractivity contribution in [2.75, 3.05) is 5.73 Å². The molecule has 2 rings (SSSR count). The molecule has 0 radical (unpaired) electrons. The Balaban J connectivity index is 2.72. The molecule has 0 aliphatic heterocycles. The molecule has 0 aliphatic carbocycles. The predicted octanol–water partition coefficient (Wildman–Crippen LogP) is 1.14. The van der Waals surface area contributed by atoms with Crippen LogP contribution in [0.3, 0.4) is 0 Å². The molecule has 2 heterocycles. The van der Waals surface area contributed by atoms with Crippen LogP contribution < -0.4 is 5.73 Å². The highest BCUT2D eigenvalue weighted by Gasteiger charge is 2.03. The summed E-state index contributed by atoms with van der Waals surface area (Å²) in [7, 11) is 0. The second-order valence-corrected chi connectivity index (χ2v) is 2.76. The molecule has 0 atom stereocenters. The molecule has 0 bridgehead atoms. The minimum Gasteiger partial charge on any atom is -0.397 e. The van der Waals surface area contributed by atoms with E-state index in [9.17, 15) is 0 Å². The lowest BCUT2D eigenvalue weighted by atomic mass is 10.3. The number of anilines is 1. The number of nitrogen functional groups attached to an aromatic ring is 1. The molecule has 0 unspecified atom stereocenters. The summed E-state index contributed by atoms with van der Waals surface area (Å²) in [6, 6.07) is 3.91. The monoisotopic (exact) mass is 172 g/mol. The van der Waals surface area contributed by atoms with Crippen LogP contribution in [0, 0.1) is 11.3 Å². The van der Waals surface area contributed by atoms with Gasteiger partial charge >= 0.3 is 0 Å². The minimum absolute atomic E-state index is 0.305. The number of hydrogen-bond acceptors (Lipinski definition) is 3. The number of aromatic nitrogens is 2. The fourth-order valence-electron chi connectivity index (χ4n) is 1.37. The summed E-state index contributed by atoms with van der Waals surface area (Å²) in [5.41, 5.74) is 7.34. The van der Waals surface area contributed by atoms with Crippen LogP contribution in [0.25, 0.3) is 10.9 Å². The number of nitrogens with two attached hydrogens (primary N) is 1. The minimum atomic E-state index is 0.305. The van der Waals surface area contributed by atoms with Crippen molar-refractivity contribution in [3.63, 3.8) is 0 Å². The Kier molecular flexibility index (Phi) is 1.64. The van der Waals surface area contributed by atoms with Crippen molar-refractivity contribution in [3.8, 4) is 6.07 Å². The summed E-state index contributed by atoms with van der Waals surface area (Å²) < 4.78 is 1.79. The Bertz CT molecular complexity index is 478. The summed E-state index contributed by atoms with van der Waals surface area (Å²) in [6.07, 6.45) is 5.16. The van der Waals surface area contributed by atoms with Gasteiger partial charge in [-0.3, -0.25) is 4.98 Å². The first kappa shape index (κ1) is 7.62.